The monoisotopic (exact) mass is 360 g/mol. The summed E-state index contributed by atoms with van der Waals surface area (Å²) in [4.78, 5) is 7.59. The molecule has 1 aromatic heterocycles. The first-order chi connectivity index (χ1) is 7.95. The van der Waals surface area contributed by atoms with Gasteiger partial charge in [0.25, 0.3) is 0 Å². The van der Waals surface area contributed by atoms with Gasteiger partial charge in [0.1, 0.15) is 0 Å². The fourth-order valence-electron chi connectivity index (χ4n) is 2.20. The van der Waals surface area contributed by atoms with Gasteiger partial charge >= 0.3 is 116 Å². The van der Waals surface area contributed by atoms with Crippen LogP contribution in [0.4, 0.5) is 0 Å². The Labute approximate surface area is 116 Å². The van der Waals surface area contributed by atoms with Crippen LogP contribution in [0.5, 0.6) is 0 Å². The van der Waals surface area contributed by atoms with Crippen LogP contribution in [0, 0.1) is 5.92 Å². The first-order valence-electron chi connectivity index (χ1n) is 7.02. The Morgan fingerprint density at radius 1 is 1.24 bits per heavy atom. The van der Waals surface area contributed by atoms with Gasteiger partial charge in [-0.2, -0.15) is 0 Å². The quantitative estimate of drug-likeness (QED) is 0.472. The molecule has 1 heterocycles. The van der Waals surface area contributed by atoms with Crippen molar-refractivity contribution in [2.75, 3.05) is 0 Å². The van der Waals surface area contributed by atoms with Crippen LogP contribution < -0.4 is 2.89 Å². The van der Waals surface area contributed by atoms with Crippen molar-refractivity contribution in [3.63, 3.8) is 0 Å². The van der Waals surface area contributed by atoms with E-state index in [1.165, 1.54) is 32.1 Å². The molecule has 0 fully saturated rings. The molecule has 0 amide bonds. The molecule has 1 aromatic rings. The van der Waals surface area contributed by atoms with Crippen molar-refractivity contribution in [1.82, 2.24) is 0 Å². The van der Waals surface area contributed by atoms with Crippen molar-refractivity contribution in [2.24, 2.45) is 5.92 Å². The van der Waals surface area contributed by atoms with E-state index in [9.17, 15) is 0 Å². The zero-order chi connectivity index (χ0) is 12.9. The molecule has 17 heavy (non-hydrogen) atoms. The molecule has 0 aromatic carbocycles. The Morgan fingerprint density at radius 2 is 1.94 bits per heavy atom. The van der Waals surface area contributed by atoms with Gasteiger partial charge in [-0.3, -0.25) is 0 Å². The minimum absolute atomic E-state index is 0.915. The zero-order valence-electron chi connectivity index (χ0n) is 12.2. The van der Waals surface area contributed by atoms with Crippen LogP contribution in [-0.4, -0.2) is 18.4 Å². The van der Waals surface area contributed by atoms with E-state index >= 15 is 0 Å². The maximum atomic E-state index is 2.53. The summed E-state index contributed by atoms with van der Waals surface area (Å²) >= 11 is 0.198. The van der Waals surface area contributed by atoms with Crippen LogP contribution in [-0.2, 0) is 6.42 Å². The third-order valence-corrected chi connectivity index (χ3v) is 14.2. The Morgan fingerprint density at radius 3 is 2.53 bits per heavy atom. The topological polar surface area (TPSA) is 0 Å². The summed E-state index contributed by atoms with van der Waals surface area (Å²) in [6.45, 7) is 4.68. The molecular formula is C15H28SSn. The van der Waals surface area contributed by atoms with Gasteiger partial charge in [0.05, 0.1) is 0 Å². The molecule has 0 saturated carbocycles. The van der Waals surface area contributed by atoms with E-state index in [1.54, 1.807) is 8.46 Å². The average Bonchev–Trinajstić information content (AvgIpc) is 2.71. The second kappa shape index (κ2) is 7.18. The molecule has 2 heteroatoms. The second-order valence-electron chi connectivity index (χ2n) is 6.28. The van der Waals surface area contributed by atoms with Crippen molar-refractivity contribution in [3.8, 4) is 0 Å². The number of rotatable bonds is 7. The SMILES string of the molecule is CCC(C)CCCCc1ccs[c]1[Sn]([CH3])([CH3])[CH3]. The summed E-state index contributed by atoms with van der Waals surface area (Å²) < 4.78 is 1.79. The number of unbranched alkanes of at least 4 members (excludes halogenated alkanes) is 1. The molecule has 0 nitrogen and oxygen atoms in total. The molecule has 0 aliphatic rings. The number of aryl methyl sites for hydroxylation is 1. The predicted molar refractivity (Wildman–Crippen MR) is 84.3 cm³/mol. The third kappa shape index (κ3) is 5.33. The molecular weight excluding hydrogens is 331 g/mol. The Balaban J connectivity index is 2.40. The molecule has 1 atom stereocenters. The average molecular weight is 359 g/mol. The maximum absolute atomic E-state index is 2.53. The van der Waals surface area contributed by atoms with E-state index in [2.05, 4.69) is 40.1 Å². The molecule has 0 N–H and O–H groups in total. The molecule has 0 spiro atoms. The molecule has 0 saturated heterocycles. The fraction of sp³-hybridized carbons (Fsp3) is 0.733. The summed E-state index contributed by atoms with van der Waals surface area (Å²) in [5.41, 5.74) is 1.68. The van der Waals surface area contributed by atoms with Crippen molar-refractivity contribution in [2.45, 2.75) is 60.8 Å². The molecule has 98 valence electrons. The molecule has 1 rings (SSSR count). The van der Waals surface area contributed by atoms with Crippen molar-refractivity contribution >= 4 is 32.6 Å². The van der Waals surface area contributed by atoms with Gasteiger partial charge in [-0.25, -0.2) is 0 Å². The van der Waals surface area contributed by atoms with E-state index < -0.39 is 18.4 Å². The van der Waals surface area contributed by atoms with Gasteiger partial charge < -0.3 is 0 Å². The van der Waals surface area contributed by atoms with Crippen LogP contribution >= 0.6 is 11.3 Å². The molecule has 0 aliphatic carbocycles. The number of hydrogen-bond donors (Lipinski definition) is 0. The van der Waals surface area contributed by atoms with Crippen molar-refractivity contribution < 1.29 is 0 Å². The van der Waals surface area contributed by atoms with Gasteiger partial charge in [0.15, 0.2) is 0 Å². The Kier molecular flexibility index (Phi) is 6.57. The van der Waals surface area contributed by atoms with E-state index in [1.807, 2.05) is 11.3 Å². The summed E-state index contributed by atoms with van der Waals surface area (Å²) in [6, 6.07) is 2.38. The summed E-state index contributed by atoms with van der Waals surface area (Å²) in [7, 11) is 0. The van der Waals surface area contributed by atoms with Crippen LogP contribution in [0.15, 0.2) is 11.4 Å². The normalized spacial score (nSPS) is 13.9. The molecule has 0 aliphatic heterocycles. The van der Waals surface area contributed by atoms with Crippen molar-refractivity contribution in [3.05, 3.63) is 17.0 Å². The number of hydrogen-bond acceptors (Lipinski definition) is 1. The van der Waals surface area contributed by atoms with E-state index in [-0.39, 0.29) is 0 Å². The summed E-state index contributed by atoms with van der Waals surface area (Å²) in [5, 5.41) is 2.31. The standard InChI is InChI=1S/C12H19S.3CH3.Sn/c1-3-11(2)6-4-5-7-12-8-9-13-10-12;;;;/h8-9,11H,3-7H2,1-2H3;3*1H3;. The minimum atomic E-state index is -1.82. The summed E-state index contributed by atoms with van der Waals surface area (Å²) in [6.07, 6.45) is 6.86. The van der Waals surface area contributed by atoms with E-state index in [0.717, 1.165) is 5.92 Å². The molecule has 0 radical (unpaired) electrons. The van der Waals surface area contributed by atoms with E-state index in [0.29, 0.717) is 0 Å². The fourth-order valence-corrected chi connectivity index (χ4v) is 10.2. The Bertz CT molecular complexity index is 322. The van der Waals surface area contributed by atoms with Gasteiger partial charge in [0.2, 0.25) is 0 Å². The van der Waals surface area contributed by atoms with Crippen LogP contribution in [0.3, 0.4) is 0 Å². The van der Waals surface area contributed by atoms with Gasteiger partial charge in [-0.05, 0) is 0 Å². The van der Waals surface area contributed by atoms with Gasteiger partial charge in [-0.1, -0.05) is 0 Å². The summed E-state index contributed by atoms with van der Waals surface area (Å²) in [5.74, 6) is 0.915. The molecule has 1 unspecified atom stereocenters. The third-order valence-electron chi connectivity index (χ3n) is 3.52. The first-order valence-corrected chi connectivity index (χ1v) is 17.9. The molecule has 0 bridgehead atoms. The van der Waals surface area contributed by atoms with Crippen LogP contribution in [0.2, 0.25) is 14.8 Å². The van der Waals surface area contributed by atoms with Crippen LogP contribution in [0.25, 0.3) is 0 Å². The number of thiophene rings is 1. The second-order valence-corrected chi connectivity index (χ2v) is 22.5. The van der Waals surface area contributed by atoms with E-state index in [4.69, 9.17) is 0 Å². The predicted octanol–water partition coefficient (Wildman–Crippen LogP) is 5.05. The van der Waals surface area contributed by atoms with Crippen LogP contribution in [0.1, 0.15) is 45.1 Å². The first kappa shape index (κ1) is 15.6. The van der Waals surface area contributed by atoms with Gasteiger partial charge in [0, 0.05) is 0 Å². The van der Waals surface area contributed by atoms with Crippen molar-refractivity contribution in [1.29, 1.82) is 0 Å². The van der Waals surface area contributed by atoms with Gasteiger partial charge in [-0.15, -0.1) is 0 Å². The zero-order valence-corrected chi connectivity index (χ0v) is 15.8. The Hall–Kier alpha value is 0.499.